The molecule has 0 unspecified atom stereocenters. The number of rotatable bonds is 7. The second-order valence-corrected chi connectivity index (χ2v) is 6.01. The maximum atomic E-state index is 12.2. The summed E-state index contributed by atoms with van der Waals surface area (Å²) in [6.45, 7) is 0.107. The van der Waals surface area contributed by atoms with Crippen molar-refractivity contribution in [1.29, 1.82) is 0 Å². The van der Waals surface area contributed by atoms with Crippen LogP contribution in [0.25, 0.3) is 0 Å². The first-order valence-electron chi connectivity index (χ1n) is 6.70. The average molecular weight is 358 g/mol. The number of hydrogen-bond donors (Lipinski definition) is 1. The lowest BCUT2D eigenvalue weighted by molar-refractivity contribution is -0.121. The highest BCUT2D eigenvalue weighted by atomic mass is 35.5. The van der Waals surface area contributed by atoms with E-state index in [4.69, 9.17) is 16.3 Å². The summed E-state index contributed by atoms with van der Waals surface area (Å²) in [6, 6.07) is 13.4. The van der Waals surface area contributed by atoms with E-state index >= 15 is 0 Å². The first-order chi connectivity index (χ1) is 11.0. The minimum Gasteiger partial charge on any atom is -0.367 e. The van der Waals surface area contributed by atoms with Gasteiger partial charge in [-0.1, -0.05) is 41.6 Å². The van der Waals surface area contributed by atoms with Crippen LogP contribution in [0.4, 0.5) is 14.5 Å². The first kappa shape index (κ1) is 17.7. The van der Waals surface area contributed by atoms with E-state index < -0.39 is 5.76 Å². The molecule has 0 radical (unpaired) electrons. The largest absolute Gasteiger partial charge is 0.367 e. The fraction of sp³-hybridized carbons (Fsp3) is 0.188. The van der Waals surface area contributed by atoms with Gasteiger partial charge in [0.05, 0.1) is 6.61 Å². The van der Waals surface area contributed by atoms with E-state index in [1.54, 1.807) is 18.2 Å². The lowest BCUT2D eigenvalue weighted by atomic mass is 10.2. The molecule has 0 aliphatic rings. The number of benzene rings is 2. The zero-order valence-corrected chi connectivity index (χ0v) is 13.5. The molecule has 0 heterocycles. The Morgan fingerprint density at radius 3 is 2.52 bits per heavy atom. The predicted molar refractivity (Wildman–Crippen MR) is 88.0 cm³/mol. The third kappa shape index (κ3) is 6.17. The third-order valence-electron chi connectivity index (χ3n) is 2.81. The summed E-state index contributed by atoms with van der Waals surface area (Å²) in [5.41, 5.74) is 1.32. The first-order valence-corrected chi connectivity index (χ1v) is 7.96. The zero-order chi connectivity index (χ0) is 16.7. The Balaban J connectivity index is 1.77. The molecule has 1 N–H and O–H groups in total. The van der Waals surface area contributed by atoms with Crippen LogP contribution in [0.5, 0.6) is 0 Å². The van der Waals surface area contributed by atoms with E-state index in [1.165, 1.54) is 12.1 Å². The van der Waals surface area contributed by atoms with Gasteiger partial charge in [0.25, 0.3) is 5.76 Å². The van der Waals surface area contributed by atoms with Crippen LogP contribution in [-0.4, -0.2) is 18.3 Å². The molecule has 0 atom stereocenters. The van der Waals surface area contributed by atoms with Crippen LogP contribution in [0.3, 0.4) is 0 Å². The summed E-state index contributed by atoms with van der Waals surface area (Å²) in [5.74, 6) is -2.79. The van der Waals surface area contributed by atoms with Gasteiger partial charge in [-0.3, -0.25) is 4.79 Å². The Bertz CT molecular complexity index is 653. The normalized spacial score (nSPS) is 10.8. The summed E-state index contributed by atoms with van der Waals surface area (Å²) in [5, 5.41) is 3.21. The molecule has 0 saturated carbocycles. The standard InChI is InChI=1S/C16H14ClF2NO2S/c17-14-4-2-1-3-11(14)9-22-10-15(21)20-12-5-7-13(8-6-12)23-16(18)19/h1-8,16H,9-10H2,(H,20,21). The van der Waals surface area contributed by atoms with Crippen LogP contribution in [0.2, 0.25) is 5.02 Å². The SMILES string of the molecule is O=C(COCc1ccccc1Cl)Nc1ccc(SC(F)F)cc1. The second kappa shape index (κ2) is 8.86. The fourth-order valence-electron chi connectivity index (χ4n) is 1.79. The van der Waals surface area contributed by atoms with Crippen LogP contribution >= 0.6 is 23.4 Å². The second-order valence-electron chi connectivity index (χ2n) is 4.54. The van der Waals surface area contributed by atoms with Gasteiger partial charge in [-0.05, 0) is 35.9 Å². The summed E-state index contributed by atoms with van der Waals surface area (Å²) in [4.78, 5) is 12.2. The maximum Gasteiger partial charge on any atom is 0.288 e. The van der Waals surface area contributed by atoms with Crippen LogP contribution < -0.4 is 5.32 Å². The van der Waals surface area contributed by atoms with Crippen LogP contribution in [0.15, 0.2) is 53.4 Å². The van der Waals surface area contributed by atoms with E-state index in [0.717, 1.165) is 5.56 Å². The van der Waals surface area contributed by atoms with Crippen molar-refractivity contribution >= 4 is 35.0 Å². The molecule has 0 fully saturated rings. The minimum atomic E-state index is -2.46. The number of alkyl halides is 2. The molecular weight excluding hydrogens is 344 g/mol. The molecule has 1 amide bonds. The zero-order valence-electron chi connectivity index (χ0n) is 12.0. The minimum absolute atomic E-state index is 0.126. The number of thioether (sulfide) groups is 1. The third-order valence-corrected chi connectivity index (χ3v) is 3.90. The van der Waals surface area contributed by atoms with Gasteiger partial charge in [-0.25, -0.2) is 0 Å². The van der Waals surface area contributed by atoms with Crippen LogP contribution in [0, 0.1) is 0 Å². The van der Waals surface area contributed by atoms with Crippen molar-refractivity contribution in [2.75, 3.05) is 11.9 Å². The number of halogens is 3. The monoisotopic (exact) mass is 357 g/mol. The molecule has 122 valence electrons. The van der Waals surface area contributed by atoms with E-state index in [2.05, 4.69) is 5.32 Å². The van der Waals surface area contributed by atoms with Gasteiger partial charge in [0.1, 0.15) is 6.61 Å². The van der Waals surface area contributed by atoms with E-state index in [0.29, 0.717) is 27.4 Å². The van der Waals surface area contributed by atoms with Gasteiger partial charge in [-0.2, -0.15) is 8.78 Å². The highest BCUT2D eigenvalue weighted by molar-refractivity contribution is 7.99. The van der Waals surface area contributed by atoms with E-state index in [1.807, 2.05) is 18.2 Å². The van der Waals surface area contributed by atoms with Crippen molar-refractivity contribution in [3.8, 4) is 0 Å². The molecule has 0 aliphatic heterocycles. The Kier molecular flexibility index (Phi) is 6.83. The summed E-state index contributed by atoms with van der Waals surface area (Å²) in [6.07, 6.45) is 0. The van der Waals surface area contributed by atoms with Gasteiger partial charge in [0.2, 0.25) is 5.91 Å². The van der Waals surface area contributed by atoms with Crippen molar-refractivity contribution < 1.29 is 18.3 Å². The summed E-state index contributed by atoms with van der Waals surface area (Å²) in [7, 11) is 0. The fourth-order valence-corrected chi connectivity index (χ4v) is 2.48. The average Bonchev–Trinajstić information content (AvgIpc) is 2.51. The van der Waals surface area contributed by atoms with E-state index in [-0.39, 0.29) is 19.1 Å². The van der Waals surface area contributed by atoms with Gasteiger partial charge in [-0.15, -0.1) is 0 Å². The number of nitrogens with one attached hydrogen (secondary N) is 1. The lowest BCUT2D eigenvalue weighted by Crippen LogP contribution is -2.18. The summed E-state index contributed by atoms with van der Waals surface area (Å²) < 4.78 is 29.7. The molecular formula is C16H14ClF2NO2S. The van der Waals surface area contributed by atoms with Crippen molar-refractivity contribution in [2.24, 2.45) is 0 Å². The Labute approximate surface area is 142 Å². The Morgan fingerprint density at radius 1 is 1.17 bits per heavy atom. The molecule has 0 aromatic heterocycles. The number of ether oxygens (including phenoxy) is 1. The molecule has 0 saturated heterocycles. The quantitative estimate of drug-likeness (QED) is 0.723. The smallest absolute Gasteiger partial charge is 0.288 e. The number of anilines is 1. The molecule has 3 nitrogen and oxygen atoms in total. The van der Waals surface area contributed by atoms with E-state index in [9.17, 15) is 13.6 Å². The van der Waals surface area contributed by atoms with Crippen LogP contribution in [0.1, 0.15) is 5.56 Å². The highest BCUT2D eigenvalue weighted by Crippen LogP contribution is 2.26. The van der Waals surface area contributed by atoms with Crippen molar-refractivity contribution in [2.45, 2.75) is 17.3 Å². The molecule has 0 spiro atoms. The Hall–Kier alpha value is -1.63. The van der Waals surface area contributed by atoms with Gasteiger partial charge < -0.3 is 10.1 Å². The molecule has 0 bridgehead atoms. The summed E-state index contributed by atoms with van der Waals surface area (Å²) >= 11 is 6.44. The molecule has 2 aromatic rings. The van der Waals surface area contributed by atoms with Crippen molar-refractivity contribution in [3.05, 3.63) is 59.1 Å². The molecule has 7 heteroatoms. The number of carbonyl (C=O) groups excluding carboxylic acids is 1. The Morgan fingerprint density at radius 2 is 1.87 bits per heavy atom. The van der Waals surface area contributed by atoms with Crippen molar-refractivity contribution in [1.82, 2.24) is 0 Å². The van der Waals surface area contributed by atoms with Gasteiger partial charge >= 0.3 is 0 Å². The van der Waals surface area contributed by atoms with Gasteiger partial charge in [0.15, 0.2) is 0 Å². The lowest BCUT2D eigenvalue weighted by Gasteiger charge is -2.08. The maximum absolute atomic E-state index is 12.2. The van der Waals surface area contributed by atoms with Crippen LogP contribution in [-0.2, 0) is 16.1 Å². The number of hydrogen-bond acceptors (Lipinski definition) is 3. The topological polar surface area (TPSA) is 38.3 Å². The van der Waals surface area contributed by atoms with Gasteiger partial charge in [0, 0.05) is 15.6 Å². The van der Waals surface area contributed by atoms with Crippen molar-refractivity contribution in [3.63, 3.8) is 0 Å². The highest BCUT2D eigenvalue weighted by Gasteiger charge is 2.07. The molecule has 23 heavy (non-hydrogen) atoms. The molecule has 2 rings (SSSR count). The predicted octanol–water partition coefficient (Wildman–Crippen LogP) is 4.81. The molecule has 2 aromatic carbocycles. The number of carbonyl (C=O) groups is 1. The number of amides is 1. The molecule has 0 aliphatic carbocycles.